The Labute approximate surface area is 104 Å². The van der Waals surface area contributed by atoms with Gasteiger partial charge in [0.1, 0.15) is 0 Å². The molecule has 1 aromatic carbocycles. The van der Waals surface area contributed by atoms with E-state index in [2.05, 4.69) is 4.98 Å². The lowest BCUT2D eigenvalue weighted by atomic mass is 10.0. The van der Waals surface area contributed by atoms with Gasteiger partial charge in [0, 0.05) is 16.1 Å². The maximum absolute atomic E-state index is 11.2. The monoisotopic (exact) mass is 249 g/mol. The van der Waals surface area contributed by atoms with Crippen molar-refractivity contribution < 1.29 is 9.90 Å². The van der Waals surface area contributed by atoms with E-state index >= 15 is 0 Å². The molecule has 0 aliphatic heterocycles. The van der Waals surface area contributed by atoms with Crippen molar-refractivity contribution in [2.45, 2.75) is 19.8 Å². The molecule has 0 bridgehead atoms. The molecule has 2 aromatic rings. The number of fused-ring (bicyclic) bond motifs is 1. The molecule has 0 aliphatic rings. The number of carboxylic acids is 1. The maximum Gasteiger partial charge on any atom is 0.336 e. The van der Waals surface area contributed by atoms with Crippen molar-refractivity contribution in [2.24, 2.45) is 0 Å². The summed E-state index contributed by atoms with van der Waals surface area (Å²) in [5.41, 5.74) is 1.69. The molecule has 17 heavy (non-hydrogen) atoms. The molecule has 0 radical (unpaired) electrons. The predicted molar refractivity (Wildman–Crippen MR) is 67.8 cm³/mol. The zero-order chi connectivity index (χ0) is 12.6. The highest BCUT2D eigenvalue weighted by Gasteiger charge is 2.13. The molecule has 0 spiro atoms. The summed E-state index contributed by atoms with van der Waals surface area (Å²) in [5.74, 6) is -0.769. The fraction of sp³-hybridized carbons (Fsp3) is 0.231. The largest absolute Gasteiger partial charge is 0.478 e. The Balaban J connectivity index is 2.81. The number of rotatable bonds is 2. The summed E-state index contributed by atoms with van der Waals surface area (Å²) in [7, 11) is 0. The van der Waals surface area contributed by atoms with Gasteiger partial charge in [0.15, 0.2) is 0 Å². The van der Waals surface area contributed by atoms with Crippen LogP contribution in [0.25, 0.3) is 10.9 Å². The van der Waals surface area contributed by atoms with E-state index in [1.165, 1.54) is 0 Å². The van der Waals surface area contributed by atoms with Gasteiger partial charge in [-0.1, -0.05) is 25.4 Å². The van der Waals surface area contributed by atoms with Crippen molar-refractivity contribution in [3.05, 3.63) is 40.5 Å². The van der Waals surface area contributed by atoms with Gasteiger partial charge in [0.2, 0.25) is 0 Å². The first kappa shape index (κ1) is 11.9. The fourth-order valence-electron chi connectivity index (χ4n) is 1.69. The van der Waals surface area contributed by atoms with E-state index in [0.29, 0.717) is 15.9 Å². The van der Waals surface area contributed by atoms with Crippen LogP contribution in [0.2, 0.25) is 5.02 Å². The lowest BCUT2D eigenvalue weighted by Gasteiger charge is -2.09. The first-order chi connectivity index (χ1) is 7.99. The Morgan fingerprint density at radius 2 is 2.06 bits per heavy atom. The number of aromatic nitrogens is 1. The van der Waals surface area contributed by atoms with E-state index in [0.717, 1.165) is 5.69 Å². The van der Waals surface area contributed by atoms with Crippen molar-refractivity contribution in [1.29, 1.82) is 0 Å². The summed E-state index contributed by atoms with van der Waals surface area (Å²) in [5, 5.41) is 10.3. The van der Waals surface area contributed by atoms with Crippen molar-refractivity contribution in [3.63, 3.8) is 0 Å². The molecule has 1 N–H and O–H groups in total. The third kappa shape index (κ3) is 2.24. The van der Waals surface area contributed by atoms with Crippen LogP contribution < -0.4 is 0 Å². The smallest absolute Gasteiger partial charge is 0.336 e. The second kappa shape index (κ2) is 4.34. The number of hydrogen-bond donors (Lipinski definition) is 1. The zero-order valence-electron chi connectivity index (χ0n) is 9.57. The van der Waals surface area contributed by atoms with Gasteiger partial charge in [0.05, 0.1) is 11.1 Å². The summed E-state index contributed by atoms with van der Waals surface area (Å²) in [6.45, 7) is 3.96. The Hall–Kier alpha value is -1.61. The van der Waals surface area contributed by atoms with Crippen LogP contribution >= 0.6 is 11.6 Å². The highest BCUT2D eigenvalue weighted by Crippen LogP contribution is 2.25. The third-order valence-electron chi connectivity index (χ3n) is 2.61. The van der Waals surface area contributed by atoms with Crippen molar-refractivity contribution >= 4 is 28.5 Å². The normalized spacial score (nSPS) is 11.1. The molecule has 4 heteroatoms. The van der Waals surface area contributed by atoms with Gasteiger partial charge in [-0.3, -0.25) is 4.98 Å². The van der Waals surface area contributed by atoms with E-state index in [-0.39, 0.29) is 11.5 Å². The number of benzene rings is 1. The lowest BCUT2D eigenvalue weighted by molar-refractivity contribution is 0.0699. The first-order valence-electron chi connectivity index (χ1n) is 5.32. The number of nitrogens with zero attached hydrogens (tertiary/aromatic N) is 1. The minimum Gasteiger partial charge on any atom is -0.478 e. The average Bonchev–Trinajstić information content (AvgIpc) is 2.27. The Kier molecular flexibility index (Phi) is 3.03. The van der Waals surface area contributed by atoms with E-state index in [1.807, 2.05) is 13.8 Å². The Morgan fingerprint density at radius 3 is 2.65 bits per heavy atom. The van der Waals surface area contributed by atoms with E-state index in [1.54, 1.807) is 24.3 Å². The molecule has 1 heterocycles. The van der Waals surface area contributed by atoms with Crippen LogP contribution in [0.3, 0.4) is 0 Å². The van der Waals surface area contributed by atoms with Crippen LogP contribution in [0.15, 0.2) is 24.3 Å². The topological polar surface area (TPSA) is 50.2 Å². The zero-order valence-corrected chi connectivity index (χ0v) is 10.3. The quantitative estimate of drug-likeness (QED) is 0.883. The van der Waals surface area contributed by atoms with E-state index < -0.39 is 5.97 Å². The second-order valence-corrected chi connectivity index (χ2v) is 4.65. The van der Waals surface area contributed by atoms with Gasteiger partial charge in [-0.15, -0.1) is 0 Å². The number of aromatic carboxylic acids is 1. The molecule has 0 unspecified atom stereocenters. The van der Waals surface area contributed by atoms with Crippen molar-refractivity contribution in [1.82, 2.24) is 4.98 Å². The van der Waals surface area contributed by atoms with Crippen LogP contribution in [-0.4, -0.2) is 16.1 Å². The number of carboxylic acid groups (broad SMARTS) is 1. The summed E-state index contributed by atoms with van der Waals surface area (Å²) in [6, 6.07) is 6.71. The van der Waals surface area contributed by atoms with Gasteiger partial charge in [-0.05, 0) is 30.2 Å². The standard InChI is InChI=1S/C13H12ClNO2/c1-7(2)12-6-10(13(16)17)9-5-8(14)3-4-11(9)15-12/h3-7H,1-2H3,(H,16,17). The van der Waals surface area contributed by atoms with Crippen LogP contribution in [0.4, 0.5) is 0 Å². The van der Waals surface area contributed by atoms with Crippen LogP contribution in [0.1, 0.15) is 35.8 Å². The van der Waals surface area contributed by atoms with Crippen molar-refractivity contribution in [3.8, 4) is 0 Å². The number of halogens is 1. The molecule has 1 aromatic heterocycles. The number of carbonyl (C=O) groups is 1. The molecule has 0 atom stereocenters. The van der Waals surface area contributed by atoms with Gasteiger partial charge < -0.3 is 5.11 Å². The van der Waals surface area contributed by atoms with E-state index in [9.17, 15) is 9.90 Å². The van der Waals surface area contributed by atoms with E-state index in [4.69, 9.17) is 11.6 Å². The number of pyridine rings is 1. The summed E-state index contributed by atoms with van der Waals surface area (Å²) in [4.78, 5) is 15.7. The molecule has 0 amide bonds. The maximum atomic E-state index is 11.2. The molecule has 2 rings (SSSR count). The van der Waals surface area contributed by atoms with Crippen LogP contribution in [0.5, 0.6) is 0 Å². The SMILES string of the molecule is CC(C)c1cc(C(=O)O)c2cc(Cl)ccc2n1. The van der Waals surface area contributed by atoms with Crippen molar-refractivity contribution in [2.75, 3.05) is 0 Å². The number of hydrogen-bond acceptors (Lipinski definition) is 2. The fourth-order valence-corrected chi connectivity index (χ4v) is 1.86. The predicted octanol–water partition coefficient (Wildman–Crippen LogP) is 3.71. The minimum absolute atomic E-state index is 0.188. The van der Waals surface area contributed by atoms with Gasteiger partial charge >= 0.3 is 5.97 Å². The molecule has 3 nitrogen and oxygen atoms in total. The molecule has 0 aliphatic carbocycles. The average molecular weight is 250 g/mol. The highest BCUT2D eigenvalue weighted by atomic mass is 35.5. The molecule has 0 saturated heterocycles. The van der Waals surface area contributed by atoms with Gasteiger partial charge in [-0.2, -0.15) is 0 Å². The minimum atomic E-state index is -0.957. The van der Waals surface area contributed by atoms with Crippen LogP contribution in [0, 0.1) is 0 Å². The molecule has 88 valence electrons. The molecular weight excluding hydrogens is 238 g/mol. The molecule has 0 saturated carbocycles. The summed E-state index contributed by atoms with van der Waals surface area (Å²) in [6.07, 6.45) is 0. The highest BCUT2D eigenvalue weighted by molar-refractivity contribution is 6.31. The van der Waals surface area contributed by atoms with Gasteiger partial charge in [-0.25, -0.2) is 4.79 Å². The molecular formula is C13H12ClNO2. The second-order valence-electron chi connectivity index (χ2n) is 4.22. The summed E-state index contributed by atoms with van der Waals surface area (Å²) < 4.78 is 0. The Bertz CT molecular complexity index is 593. The van der Waals surface area contributed by atoms with Crippen LogP contribution in [-0.2, 0) is 0 Å². The lowest BCUT2D eigenvalue weighted by Crippen LogP contribution is -2.03. The van der Waals surface area contributed by atoms with Gasteiger partial charge in [0.25, 0.3) is 0 Å². The Morgan fingerprint density at radius 1 is 1.35 bits per heavy atom. The molecule has 0 fully saturated rings. The third-order valence-corrected chi connectivity index (χ3v) is 2.85. The summed E-state index contributed by atoms with van der Waals surface area (Å²) >= 11 is 5.88. The first-order valence-corrected chi connectivity index (χ1v) is 5.70.